The van der Waals surface area contributed by atoms with E-state index in [9.17, 15) is 4.79 Å². The summed E-state index contributed by atoms with van der Waals surface area (Å²) in [6, 6.07) is 5.94. The van der Waals surface area contributed by atoms with Crippen molar-refractivity contribution >= 4 is 5.91 Å². The first-order chi connectivity index (χ1) is 9.74. The third kappa shape index (κ3) is 2.74. The smallest absolute Gasteiger partial charge is 0.231 e. The molecule has 3 rings (SSSR count). The molecule has 2 aliphatic heterocycles. The quantitative estimate of drug-likeness (QED) is 0.851. The van der Waals surface area contributed by atoms with Gasteiger partial charge in [-0.05, 0) is 43.4 Å². The van der Waals surface area contributed by atoms with Crippen LogP contribution in [0.3, 0.4) is 0 Å². The Bertz CT molecular complexity index is 494. The number of piperidine rings is 1. The van der Waals surface area contributed by atoms with E-state index >= 15 is 0 Å². The molecule has 1 saturated heterocycles. The molecule has 0 bridgehead atoms. The number of ether oxygens (including phenoxy) is 2. The van der Waals surface area contributed by atoms with Gasteiger partial charge in [-0.3, -0.25) is 4.79 Å². The topological polar surface area (TPSA) is 38.8 Å². The fourth-order valence-electron chi connectivity index (χ4n) is 2.93. The zero-order valence-corrected chi connectivity index (χ0v) is 11.9. The second-order valence-electron chi connectivity index (χ2n) is 5.68. The van der Waals surface area contributed by atoms with E-state index in [0.29, 0.717) is 6.79 Å². The summed E-state index contributed by atoms with van der Waals surface area (Å²) < 4.78 is 10.7. The van der Waals surface area contributed by atoms with Gasteiger partial charge in [0.15, 0.2) is 11.5 Å². The lowest BCUT2D eigenvalue weighted by atomic mass is 9.98. The molecule has 4 nitrogen and oxygen atoms in total. The van der Waals surface area contributed by atoms with Gasteiger partial charge in [-0.2, -0.15) is 0 Å². The lowest BCUT2D eigenvalue weighted by molar-refractivity contribution is -0.135. The van der Waals surface area contributed by atoms with E-state index in [1.807, 2.05) is 30.0 Å². The third-order valence-electron chi connectivity index (χ3n) is 4.07. The van der Waals surface area contributed by atoms with Crippen LogP contribution in [-0.4, -0.2) is 30.7 Å². The summed E-state index contributed by atoms with van der Waals surface area (Å²) in [5, 5.41) is 0. The summed E-state index contributed by atoms with van der Waals surface area (Å²) in [5.74, 6) is 1.89. The van der Waals surface area contributed by atoms with E-state index in [1.54, 1.807) is 0 Å². The van der Waals surface area contributed by atoms with Crippen LogP contribution in [0, 0.1) is 5.92 Å². The van der Waals surface area contributed by atoms with Crippen molar-refractivity contribution in [1.82, 2.24) is 4.90 Å². The largest absolute Gasteiger partial charge is 0.454 e. The molecule has 1 aromatic rings. The normalized spacial score (nSPS) is 18.9. The highest BCUT2D eigenvalue weighted by atomic mass is 16.7. The van der Waals surface area contributed by atoms with Gasteiger partial charge in [0.25, 0.3) is 0 Å². The summed E-state index contributed by atoms with van der Waals surface area (Å²) in [5.41, 5.74) is 1.13. The summed E-state index contributed by atoms with van der Waals surface area (Å²) in [4.78, 5) is 14.4. The van der Waals surface area contributed by atoms with Crippen molar-refractivity contribution in [2.75, 3.05) is 19.9 Å². The Kier molecular flexibility index (Phi) is 3.81. The Morgan fingerprint density at radius 2 is 1.95 bits per heavy atom. The van der Waals surface area contributed by atoms with Crippen molar-refractivity contribution in [3.05, 3.63) is 23.8 Å². The molecule has 108 valence electrons. The van der Waals surface area contributed by atoms with Gasteiger partial charge < -0.3 is 14.4 Å². The van der Waals surface area contributed by atoms with Crippen LogP contribution >= 0.6 is 0 Å². The molecular weight excluding hydrogens is 254 g/mol. The highest BCUT2D eigenvalue weighted by molar-refractivity contribution is 5.78. The monoisotopic (exact) mass is 275 g/mol. The minimum atomic E-state index is 0.0217. The molecular formula is C16H21NO3. The predicted octanol–water partition coefficient (Wildman–Crippen LogP) is 2.61. The molecule has 1 aromatic carbocycles. The molecule has 1 atom stereocenters. The van der Waals surface area contributed by atoms with Crippen molar-refractivity contribution in [2.45, 2.75) is 32.6 Å². The number of nitrogens with zero attached hydrogens (tertiary/aromatic N) is 1. The van der Waals surface area contributed by atoms with Gasteiger partial charge >= 0.3 is 0 Å². The van der Waals surface area contributed by atoms with E-state index in [-0.39, 0.29) is 11.8 Å². The maximum atomic E-state index is 12.4. The van der Waals surface area contributed by atoms with E-state index in [2.05, 4.69) is 0 Å². The first-order valence-electron chi connectivity index (χ1n) is 7.41. The van der Waals surface area contributed by atoms with Crippen molar-refractivity contribution in [1.29, 1.82) is 0 Å². The van der Waals surface area contributed by atoms with Crippen LogP contribution in [0.25, 0.3) is 0 Å². The third-order valence-corrected chi connectivity index (χ3v) is 4.07. The Morgan fingerprint density at radius 3 is 2.75 bits per heavy atom. The highest BCUT2D eigenvalue weighted by Crippen LogP contribution is 2.33. The van der Waals surface area contributed by atoms with Crippen LogP contribution in [0.5, 0.6) is 11.5 Å². The molecule has 1 unspecified atom stereocenters. The number of likely N-dealkylation sites (tertiary alicyclic amines) is 1. The molecule has 1 fully saturated rings. The van der Waals surface area contributed by atoms with Crippen LogP contribution in [0.15, 0.2) is 18.2 Å². The molecule has 1 amide bonds. The highest BCUT2D eigenvalue weighted by Gasteiger charge is 2.23. The van der Waals surface area contributed by atoms with E-state index < -0.39 is 0 Å². The summed E-state index contributed by atoms with van der Waals surface area (Å²) in [6.45, 7) is 4.15. The molecule has 0 radical (unpaired) electrons. The number of amides is 1. The average molecular weight is 275 g/mol. The maximum Gasteiger partial charge on any atom is 0.231 e. The van der Waals surface area contributed by atoms with Gasteiger partial charge in [0, 0.05) is 19.0 Å². The van der Waals surface area contributed by atoms with Crippen LogP contribution in [0.2, 0.25) is 0 Å². The zero-order chi connectivity index (χ0) is 13.9. The second kappa shape index (κ2) is 5.73. The van der Waals surface area contributed by atoms with Gasteiger partial charge in [-0.15, -0.1) is 0 Å². The average Bonchev–Trinajstić information content (AvgIpc) is 2.95. The number of benzene rings is 1. The molecule has 2 aliphatic rings. The van der Waals surface area contributed by atoms with Gasteiger partial charge in [0.1, 0.15) is 0 Å². The van der Waals surface area contributed by atoms with Crippen LogP contribution < -0.4 is 9.47 Å². The first kappa shape index (κ1) is 13.3. The molecule has 4 heteroatoms. The van der Waals surface area contributed by atoms with Gasteiger partial charge in [-0.1, -0.05) is 13.0 Å². The van der Waals surface area contributed by atoms with E-state index in [1.165, 1.54) is 6.42 Å². The van der Waals surface area contributed by atoms with Gasteiger partial charge in [0.05, 0.1) is 0 Å². The minimum absolute atomic E-state index is 0.0217. The summed E-state index contributed by atoms with van der Waals surface area (Å²) >= 11 is 0. The van der Waals surface area contributed by atoms with E-state index in [4.69, 9.17) is 9.47 Å². The van der Waals surface area contributed by atoms with E-state index in [0.717, 1.165) is 49.4 Å². The second-order valence-corrected chi connectivity index (χ2v) is 5.68. The SMILES string of the molecule is CC(Cc1ccc2c(c1)OCO2)C(=O)N1CCCCC1. The maximum absolute atomic E-state index is 12.4. The number of hydrogen-bond acceptors (Lipinski definition) is 3. The number of rotatable bonds is 3. The van der Waals surface area contributed by atoms with Gasteiger partial charge in [0.2, 0.25) is 12.7 Å². The molecule has 0 spiro atoms. The number of hydrogen-bond donors (Lipinski definition) is 0. The van der Waals surface area contributed by atoms with Crippen molar-refractivity contribution in [3.63, 3.8) is 0 Å². The molecule has 20 heavy (non-hydrogen) atoms. The Hall–Kier alpha value is -1.71. The number of carbonyl (C=O) groups is 1. The van der Waals surface area contributed by atoms with Crippen molar-refractivity contribution in [2.24, 2.45) is 5.92 Å². The van der Waals surface area contributed by atoms with Crippen LogP contribution in [-0.2, 0) is 11.2 Å². The van der Waals surface area contributed by atoms with Crippen molar-refractivity contribution < 1.29 is 14.3 Å². The summed E-state index contributed by atoms with van der Waals surface area (Å²) in [7, 11) is 0. The Balaban J connectivity index is 1.63. The number of carbonyl (C=O) groups excluding carboxylic acids is 1. The summed E-state index contributed by atoms with van der Waals surface area (Å²) in [6.07, 6.45) is 4.29. The molecule has 0 N–H and O–H groups in total. The fraction of sp³-hybridized carbons (Fsp3) is 0.562. The van der Waals surface area contributed by atoms with Crippen LogP contribution in [0.4, 0.5) is 0 Å². The predicted molar refractivity (Wildman–Crippen MR) is 75.9 cm³/mol. The fourth-order valence-corrected chi connectivity index (χ4v) is 2.93. The lowest BCUT2D eigenvalue weighted by Crippen LogP contribution is -2.39. The van der Waals surface area contributed by atoms with Crippen molar-refractivity contribution in [3.8, 4) is 11.5 Å². The molecule has 2 heterocycles. The lowest BCUT2D eigenvalue weighted by Gasteiger charge is -2.29. The first-order valence-corrected chi connectivity index (χ1v) is 7.41. The molecule has 0 aromatic heterocycles. The Morgan fingerprint density at radius 1 is 1.20 bits per heavy atom. The molecule has 0 aliphatic carbocycles. The van der Waals surface area contributed by atoms with Crippen LogP contribution in [0.1, 0.15) is 31.7 Å². The Labute approximate surface area is 119 Å². The zero-order valence-electron chi connectivity index (χ0n) is 11.9. The van der Waals surface area contributed by atoms with Gasteiger partial charge in [-0.25, -0.2) is 0 Å². The standard InChI is InChI=1S/C16H21NO3/c1-12(16(18)17-7-3-2-4-8-17)9-13-5-6-14-15(10-13)20-11-19-14/h5-6,10,12H,2-4,7-9,11H2,1H3. The molecule has 0 saturated carbocycles. The minimum Gasteiger partial charge on any atom is -0.454 e. The number of fused-ring (bicyclic) bond motifs is 1.